The van der Waals surface area contributed by atoms with Gasteiger partial charge in [-0.1, -0.05) is 5.16 Å². The van der Waals surface area contributed by atoms with Gasteiger partial charge in [-0.2, -0.15) is 4.98 Å². The first-order valence-electron chi connectivity index (χ1n) is 4.88. The molecule has 0 atom stereocenters. The summed E-state index contributed by atoms with van der Waals surface area (Å²) in [6.07, 6.45) is 1.41. The molecular weight excluding hydrogens is 208 g/mol. The van der Waals surface area contributed by atoms with Crippen LogP contribution in [0.25, 0.3) is 0 Å². The van der Waals surface area contributed by atoms with Gasteiger partial charge in [0.2, 0.25) is 5.89 Å². The predicted octanol–water partition coefficient (Wildman–Crippen LogP) is 0.768. The lowest BCUT2D eigenvalue weighted by atomic mass is 10.3. The third kappa shape index (κ3) is 2.77. The van der Waals surface area contributed by atoms with Crippen LogP contribution in [0.1, 0.15) is 17.4 Å². The third-order valence-electron chi connectivity index (χ3n) is 1.96. The Kier molecular flexibility index (Phi) is 3.11. The van der Waals surface area contributed by atoms with Crippen molar-refractivity contribution in [1.82, 2.24) is 20.4 Å². The molecule has 0 spiro atoms. The number of aromatic hydroxyl groups is 1. The van der Waals surface area contributed by atoms with E-state index in [1.807, 2.05) is 0 Å². The number of aryl methyl sites for hydroxylation is 1. The van der Waals surface area contributed by atoms with Crippen LogP contribution >= 0.6 is 0 Å². The van der Waals surface area contributed by atoms with Crippen molar-refractivity contribution in [3.05, 3.63) is 35.7 Å². The second-order valence-electron chi connectivity index (χ2n) is 3.35. The van der Waals surface area contributed by atoms with Gasteiger partial charge in [-0.3, -0.25) is 4.98 Å². The van der Waals surface area contributed by atoms with E-state index in [0.717, 1.165) is 5.69 Å². The molecule has 0 saturated carbocycles. The molecule has 2 N–H and O–H groups in total. The van der Waals surface area contributed by atoms with E-state index in [2.05, 4.69) is 20.4 Å². The van der Waals surface area contributed by atoms with Gasteiger partial charge in [0, 0.05) is 6.54 Å². The average Bonchev–Trinajstić information content (AvgIpc) is 2.67. The van der Waals surface area contributed by atoms with E-state index < -0.39 is 0 Å². The molecule has 84 valence electrons. The molecule has 0 unspecified atom stereocenters. The molecule has 0 aliphatic heterocycles. The van der Waals surface area contributed by atoms with Gasteiger partial charge in [-0.25, -0.2) is 0 Å². The van der Waals surface area contributed by atoms with E-state index in [1.54, 1.807) is 19.1 Å². The fourth-order valence-electron chi connectivity index (χ4n) is 1.23. The second-order valence-corrected chi connectivity index (χ2v) is 3.35. The molecule has 2 aromatic heterocycles. The Morgan fingerprint density at radius 1 is 1.38 bits per heavy atom. The molecule has 0 amide bonds. The van der Waals surface area contributed by atoms with Gasteiger partial charge >= 0.3 is 0 Å². The zero-order chi connectivity index (χ0) is 11.4. The fraction of sp³-hybridized carbons (Fsp3) is 0.300. The molecule has 16 heavy (non-hydrogen) atoms. The number of hydrogen-bond acceptors (Lipinski definition) is 6. The topological polar surface area (TPSA) is 84.1 Å². The van der Waals surface area contributed by atoms with Crippen molar-refractivity contribution < 1.29 is 9.63 Å². The van der Waals surface area contributed by atoms with Crippen LogP contribution in [-0.2, 0) is 13.1 Å². The lowest BCUT2D eigenvalue weighted by Gasteiger charge is -2.00. The molecule has 0 aliphatic rings. The van der Waals surface area contributed by atoms with Crippen LogP contribution in [0.3, 0.4) is 0 Å². The van der Waals surface area contributed by atoms with E-state index in [9.17, 15) is 0 Å². The summed E-state index contributed by atoms with van der Waals surface area (Å²) in [6.45, 7) is 2.86. The van der Waals surface area contributed by atoms with Crippen molar-refractivity contribution in [2.24, 2.45) is 0 Å². The number of nitrogens with zero attached hydrogens (tertiary/aromatic N) is 3. The first-order valence-corrected chi connectivity index (χ1v) is 4.88. The van der Waals surface area contributed by atoms with Gasteiger partial charge in [0.1, 0.15) is 5.75 Å². The summed E-state index contributed by atoms with van der Waals surface area (Å²) in [4.78, 5) is 8.09. The summed E-state index contributed by atoms with van der Waals surface area (Å²) in [6, 6.07) is 3.35. The SMILES string of the molecule is Cc1noc(CNCc2ccc(O)cn2)n1. The maximum Gasteiger partial charge on any atom is 0.240 e. The highest BCUT2D eigenvalue weighted by Gasteiger charge is 2.01. The molecule has 0 aliphatic carbocycles. The smallest absolute Gasteiger partial charge is 0.240 e. The largest absolute Gasteiger partial charge is 0.506 e. The van der Waals surface area contributed by atoms with Crippen molar-refractivity contribution >= 4 is 0 Å². The minimum Gasteiger partial charge on any atom is -0.506 e. The molecule has 0 bridgehead atoms. The number of hydrogen-bond donors (Lipinski definition) is 2. The summed E-state index contributed by atoms with van der Waals surface area (Å²) in [7, 11) is 0. The van der Waals surface area contributed by atoms with Gasteiger partial charge in [-0.15, -0.1) is 0 Å². The first kappa shape index (κ1) is 10.6. The highest BCUT2D eigenvalue weighted by Crippen LogP contribution is 2.05. The van der Waals surface area contributed by atoms with Gasteiger partial charge < -0.3 is 14.9 Å². The Balaban J connectivity index is 1.82. The maximum atomic E-state index is 9.05. The second kappa shape index (κ2) is 4.71. The summed E-state index contributed by atoms with van der Waals surface area (Å²) in [5, 5.41) is 15.8. The number of nitrogens with one attached hydrogen (secondary N) is 1. The van der Waals surface area contributed by atoms with Crippen LogP contribution < -0.4 is 5.32 Å². The quantitative estimate of drug-likeness (QED) is 0.791. The lowest BCUT2D eigenvalue weighted by Crippen LogP contribution is -2.13. The lowest BCUT2D eigenvalue weighted by molar-refractivity contribution is 0.363. The van der Waals surface area contributed by atoms with E-state index in [-0.39, 0.29) is 5.75 Å². The van der Waals surface area contributed by atoms with Crippen molar-refractivity contribution in [2.45, 2.75) is 20.0 Å². The molecule has 0 radical (unpaired) electrons. The van der Waals surface area contributed by atoms with Crippen molar-refractivity contribution in [1.29, 1.82) is 0 Å². The van der Waals surface area contributed by atoms with Gasteiger partial charge in [0.05, 0.1) is 18.4 Å². The van der Waals surface area contributed by atoms with Crippen LogP contribution in [0.4, 0.5) is 0 Å². The predicted molar refractivity (Wildman–Crippen MR) is 55.5 cm³/mol. The Bertz CT molecular complexity index is 452. The zero-order valence-electron chi connectivity index (χ0n) is 8.84. The van der Waals surface area contributed by atoms with E-state index >= 15 is 0 Å². The van der Waals surface area contributed by atoms with E-state index in [4.69, 9.17) is 9.63 Å². The third-order valence-corrected chi connectivity index (χ3v) is 1.96. The summed E-state index contributed by atoms with van der Waals surface area (Å²) in [5.41, 5.74) is 0.842. The summed E-state index contributed by atoms with van der Waals surface area (Å²) in [5.74, 6) is 1.34. The Hall–Kier alpha value is -1.95. The van der Waals surface area contributed by atoms with Crippen LogP contribution in [0.5, 0.6) is 5.75 Å². The molecule has 6 heteroatoms. The van der Waals surface area contributed by atoms with Crippen molar-refractivity contribution in [3.8, 4) is 5.75 Å². The molecule has 2 rings (SSSR count). The standard InChI is InChI=1S/C10H12N4O2/c1-7-13-10(16-14-7)6-11-4-8-2-3-9(15)5-12-8/h2-3,5,11,15H,4,6H2,1H3. The Labute approximate surface area is 92.3 Å². The minimum absolute atomic E-state index is 0.163. The molecule has 2 aromatic rings. The number of pyridine rings is 1. The first-order chi connectivity index (χ1) is 7.74. The van der Waals surface area contributed by atoms with Crippen LogP contribution in [-0.4, -0.2) is 20.2 Å². The molecule has 2 heterocycles. The van der Waals surface area contributed by atoms with Crippen LogP contribution in [0.15, 0.2) is 22.9 Å². The van der Waals surface area contributed by atoms with Gasteiger partial charge in [0.25, 0.3) is 0 Å². The average molecular weight is 220 g/mol. The van der Waals surface area contributed by atoms with E-state index in [0.29, 0.717) is 24.8 Å². The van der Waals surface area contributed by atoms with Gasteiger partial charge in [0.15, 0.2) is 5.82 Å². The Morgan fingerprint density at radius 2 is 2.25 bits per heavy atom. The minimum atomic E-state index is 0.163. The van der Waals surface area contributed by atoms with Crippen molar-refractivity contribution in [3.63, 3.8) is 0 Å². The molecular formula is C10H12N4O2. The normalized spacial score (nSPS) is 10.6. The number of aromatic nitrogens is 3. The molecule has 6 nitrogen and oxygen atoms in total. The molecule has 0 fully saturated rings. The summed E-state index contributed by atoms with van der Waals surface area (Å²) >= 11 is 0. The Morgan fingerprint density at radius 3 is 2.88 bits per heavy atom. The van der Waals surface area contributed by atoms with Crippen LogP contribution in [0.2, 0.25) is 0 Å². The highest BCUT2D eigenvalue weighted by molar-refractivity contribution is 5.17. The zero-order valence-corrected chi connectivity index (χ0v) is 8.84. The maximum absolute atomic E-state index is 9.05. The highest BCUT2D eigenvalue weighted by atomic mass is 16.5. The van der Waals surface area contributed by atoms with Gasteiger partial charge in [-0.05, 0) is 19.1 Å². The molecule has 0 aromatic carbocycles. The summed E-state index contributed by atoms with van der Waals surface area (Å²) < 4.78 is 4.94. The fourth-order valence-corrected chi connectivity index (χ4v) is 1.23. The van der Waals surface area contributed by atoms with Crippen molar-refractivity contribution in [2.75, 3.05) is 0 Å². The number of rotatable bonds is 4. The monoisotopic (exact) mass is 220 g/mol. The van der Waals surface area contributed by atoms with E-state index in [1.165, 1.54) is 6.20 Å². The molecule has 0 saturated heterocycles. The van der Waals surface area contributed by atoms with Crippen LogP contribution in [0, 0.1) is 6.92 Å².